The van der Waals surface area contributed by atoms with E-state index < -0.39 is 0 Å². The van der Waals surface area contributed by atoms with E-state index in [2.05, 4.69) is 4.98 Å². The lowest BCUT2D eigenvalue weighted by Gasteiger charge is -2.12. The summed E-state index contributed by atoms with van der Waals surface area (Å²) in [5, 5.41) is 0. The van der Waals surface area contributed by atoms with Gasteiger partial charge in [-0.15, -0.1) is 0 Å². The Morgan fingerprint density at radius 2 is 1.89 bits per heavy atom. The summed E-state index contributed by atoms with van der Waals surface area (Å²) >= 11 is 0. The number of aryl methyl sites for hydroxylation is 2. The Balaban J connectivity index is 2.43. The van der Waals surface area contributed by atoms with Gasteiger partial charge in [0.2, 0.25) is 0 Å². The minimum atomic E-state index is -0.0215. The van der Waals surface area contributed by atoms with Crippen LogP contribution in [0.25, 0.3) is 0 Å². The number of rotatable bonds is 3. The van der Waals surface area contributed by atoms with Crippen molar-refractivity contribution in [2.24, 2.45) is 5.73 Å². The molecule has 0 unspecified atom stereocenters. The molecule has 0 aliphatic rings. The predicted octanol–water partition coefficient (Wildman–Crippen LogP) is 1.37. The minimum Gasteiger partial charge on any atom is -0.326 e. The van der Waals surface area contributed by atoms with Gasteiger partial charge in [-0.25, -0.2) is 4.98 Å². The van der Waals surface area contributed by atoms with E-state index in [1.54, 1.807) is 10.6 Å². The zero-order valence-corrected chi connectivity index (χ0v) is 10.7. The summed E-state index contributed by atoms with van der Waals surface area (Å²) in [6.07, 6.45) is 0. The Bertz CT molecular complexity index is 617. The normalized spacial score (nSPS) is 10.6. The Morgan fingerprint density at radius 1 is 1.22 bits per heavy atom. The highest BCUT2D eigenvalue weighted by molar-refractivity contribution is 5.27. The van der Waals surface area contributed by atoms with Crippen LogP contribution in [-0.2, 0) is 13.1 Å². The van der Waals surface area contributed by atoms with Crippen LogP contribution in [0.4, 0.5) is 0 Å². The molecule has 1 aromatic heterocycles. The van der Waals surface area contributed by atoms with Crippen molar-refractivity contribution in [2.75, 3.05) is 0 Å². The molecular weight excluding hydrogens is 226 g/mol. The first-order chi connectivity index (χ1) is 8.61. The zero-order chi connectivity index (χ0) is 13.1. The molecule has 0 aliphatic carbocycles. The van der Waals surface area contributed by atoms with E-state index in [0.29, 0.717) is 13.1 Å². The largest absolute Gasteiger partial charge is 0.326 e. The second-order valence-corrected chi connectivity index (χ2v) is 4.34. The van der Waals surface area contributed by atoms with Crippen LogP contribution in [0.3, 0.4) is 0 Å². The number of nitrogens with two attached hydrogens (primary N) is 1. The van der Waals surface area contributed by atoms with Gasteiger partial charge in [0.25, 0.3) is 5.56 Å². The van der Waals surface area contributed by atoms with Crippen LogP contribution in [0.2, 0.25) is 0 Å². The van der Waals surface area contributed by atoms with Gasteiger partial charge in [-0.3, -0.25) is 9.36 Å². The molecule has 2 aromatic rings. The van der Waals surface area contributed by atoms with Crippen molar-refractivity contribution in [3.05, 3.63) is 63.3 Å². The predicted molar refractivity (Wildman–Crippen MR) is 71.4 cm³/mol. The quantitative estimate of drug-likeness (QED) is 0.885. The van der Waals surface area contributed by atoms with Gasteiger partial charge in [0.15, 0.2) is 0 Å². The first kappa shape index (κ1) is 12.5. The molecule has 0 amide bonds. The van der Waals surface area contributed by atoms with Crippen molar-refractivity contribution < 1.29 is 0 Å². The van der Waals surface area contributed by atoms with Crippen LogP contribution in [0.1, 0.15) is 22.6 Å². The van der Waals surface area contributed by atoms with Crippen LogP contribution in [0, 0.1) is 13.8 Å². The molecule has 0 saturated carbocycles. The lowest BCUT2D eigenvalue weighted by atomic mass is 10.1. The van der Waals surface area contributed by atoms with E-state index in [-0.39, 0.29) is 5.56 Å². The summed E-state index contributed by atoms with van der Waals surface area (Å²) in [6.45, 7) is 4.67. The summed E-state index contributed by atoms with van der Waals surface area (Å²) in [7, 11) is 0. The van der Waals surface area contributed by atoms with Gasteiger partial charge in [0, 0.05) is 18.3 Å². The average molecular weight is 243 g/mol. The maximum absolute atomic E-state index is 12.0. The van der Waals surface area contributed by atoms with Crippen LogP contribution in [0.15, 0.2) is 35.1 Å². The van der Waals surface area contributed by atoms with E-state index in [9.17, 15) is 4.79 Å². The lowest BCUT2D eigenvalue weighted by molar-refractivity contribution is 0.689. The van der Waals surface area contributed by atoms with E-state index in [4.69, 9.17) is 5.73 Å². The van der Waals surface area contributed by atoms with Gasteiger partial charge in [-0.2, -0.15) is 0 Å². The second-order valence-electron chi connectivity index (χ2n) is 4.34. The van der Waals surface area contributed by atoms with Gasteiger partial charge in [-0.05, 0) is 25.0 Å². The molecule has 0 bridgehead atoms. The standard InChI is InChI=1S/C14H17N3O/c1-10-7-14(18)17(11(2)16-10)9-13-6-4-3-5-12(13)8-15/h3-7H,8-9,15H2,1-2H3. The maximum Gasteiger partial charge on any atom is 0.254 e. The van der Waals surface area contributed by atoms with Crippen molar-refractivity contribution in [1.29, 1.82) is 0 Å². The molecule has 18 heavy (non-hydrogen) atoms. The molecule has 4 heteroatoms. The zero-order valence-electron chi connectivity index (χ0n) is 10.7. The molecule has 0 radical (unpaired) electrons. The summed E-state index contributed by atoms with van der Waals surface area (Å²) in [5.74, 6) is 0.729. The number of hydrogen-bond acceptors (Lipinski definition) is 3. The van der Waals surface area contributed by atoms with Gasteiger partial charge in [-0.1, -0.05) is 24.3 Å². The Hall–Kier alpha value is -1.94. The fraction of sp³-hybridized carbons (Fsp3) is 0.286. The molecule has 1 aromatic carbocycles. The Kier molecular flexibility index (Phi) is 3.58. The van der Waals surface area contributed by atoms with Gasteiger partial charge >= 0.3 is 0 Å². The number of nitrogens with zero attached hydrogens (tertiary/aromatic N) is 2. The summed E-state index contributed by atoms with van der Waals surface area (Å²) < 4.78 is 1.67. The van der Waals surface area contributed by atoms with E-state index in [0.717, 1.165) is 22.6 Å². The van der Waals surface area contributed by atoms with Crippen LogP contribution in [0.5, 0.6) is 0 Å². The molecule has 0 spiro atoms. The molecule has 2 N–H and O–H groups in total. The molecule has 94 valence electrons. The third-order valence-electron chi connectivity index (χ3n) is 2.99. The fourth-order valence-electron chi connectivity index (χ4n) is 2.04. The molecule has 0 aliphatic heterocycles. The van der Waals surface area contributed by atoms with Crippen molar-refractivity contribution in [3.8, 4) is 0 Å². The third kappa shape index (κ3) is 2.49. The van der Waals surface area contributed by atoms with Crippen LogP contribution >= 0.6 is 0 Å². The minimum absolute atomic E-state index is 0.0215. The highest BCUT2D eigenvalue weighted by Crippen LogP contribution is 2.09. The molecule has 2 rings (SSSR count). The Labute approximate surface area is 106 Å². The molecule has 1 heterocycles. The summed E-state index contributed by atoms with van der Waals surface area (Å²) in [4.78, 5) is 16.3. The van der Waals surface area contributed by atoms with Crippen LogP contribution < -0.4 is 11.3 Å². The smallest absolute Gasteiger partial charge is 0.254 e. The number of benzene rings is 1. The fourth-order valence-corrected chi connectivity index (χ4v) is 2.04. The van der Waals surface area contributed by atoms with E-state index >= 15 is 0 Å². The second kappa shape index (κ2) is 5.14. The van der Waals surface area contributed by atoms with Crippen molar-refractivity contribution >= 4 is 0 Å². The van der Waals surface area contributed by atoms with Crippen molar-refractivity contribution in [2.45, 2.75) is 26.9 Å². The molecule has 0 atom stereocenters. The summed E-state index contributed by atoms with van der Waals surface area (Å²) in [5.41, 5.74) is 8.56. The first-order valence-electron chi connectivity index (χ1n) is 5.93. The summed E-state index contributed by atoms with van der Waals surface area (Å²) in [6, 6.07) is 9.44. The van der Waals surface area contributed by atoms with Gasteiger partial charge < -0.3 is 5.73 Å². The Morgan fingerprint density at radius 3 is 2.50 bits per heavy atom. The SMILES string of the molecule is Cc1cc(=O)n(Cc2ccccc2CN)c(C)n1. The topological polar surface area (TPSA) is 60.9 Å². The van der Waals surface area contributed by atoms with Gasteiger partial charge in [0.05, 0.1) is 6.54 Å². The highest BCUT2D eigenvalue weighted by Gasteiger charge is 2.06. The van der Waals surface area contributed by atoms with Crippen LogP contribution in [-0.4, -0.2) is 9.55 Å². The maximum atomic E-state index is 12.0. The van der Waals surface area contributed by atoms with E-state index in [1.165, 1.54) is 0 Å². The molecule has 4 nitrogen and oxygen atoms in total. The van der Waals surface area contributed by atoms with Gasteiger partial charge in [0.1, 0.15) is 5.82 Å². The number of hydrogen-bond donors (Lipinski definition) is 1. The third-order valence-corrected chi connectivity index (χ3v) is 2.99. The average Bonchev–Trinajstić information content (AvgIpc) is 2.34. The van der Waals surface area contributed by atoms with Crippen molar-refractivity contribution in [1.82, 2.24) is 9.55 Å². The molecular formula is C14H17N3O. The molecule has 0 fully saturated rings. The monoisotopic (exact) mass is 243 g/mol. The number of aromatic nitrogens is 2. The van der Waals surface area contributed by atoms with Crippen molar-refractivity contribution in [3.63, 3.8) is 0 Å². The lowest BCUT2D eigenvalue weighted by Crippen LogP contribution is -2.24. The highest BCUT2D eigenvalue weighted by atomic mass is 16.1. The first-order valence-corrected chi connectivity index (χ1v) is 5.93. The molecule has 0 saturated heterocycles. The van der Waals surface area contributed by atoms with E-state index in [1.807, 2.05) is 38.1 Å².